The van der Waals surface area contributed by atoms with Gasteiger partial charge in [-0.3, -0.25) is 4.98 Å². The smallest absolute Gasteiger partial charge is 0.145 e. The third kappa shape index (κ3) is 1.88. The van der Waals surface area contributed by atoms with Crippen LogP contribution in [0.25, 0.3) is 10.9 Å². The summed E-state index contributed by atoms with van der Waals surface area (Å²) in [7, 11) is 0. The monoisotopic (exact) mass is 267 g/mol. The highest BCUT2D eigenvalue weighted by atomic mass is 79.9. The molecule has 0 aliphatic heterocycles. The fourth-order valence-electron chi connectivity index (χ4n) is 1.75. The van der Waals surface area contributed by atoms with E-state index in [0.29, 0.717) is 0 Å². The van der Waals surface area contributed by atoms with Gasteiger partial charge in [0, 0.05) is 15.4 Å². The standard InChI is InChI=1S/C12H11BrFN/c1-7(2)12-9-4-3-8(13)5-11(9)15-6-10(12)14/h3-7H,1-2H3. The van der Waals surface area contributed by atoms with Crippen molar-refractivity contribution in [3.8, 4) is 0 Å². The largest absolute Gasteiger partial charge is 0.253 e. The quantitative estimate of drug-likeness (QED) is 0.753. The molecule has 0 aliphatic rings. The molecule has 0 atom stereocenters. The van der Waals surface area contributed by atoms with E-state index in [1.165, 1.54) is 6.20 Å². The highest BCUT2D eigenvalue weighted by molar-refractivity contribution is 9.10. The number of nitrogens with zero attached hydrogens (tertiary/aromatic N) is 1. The number of rotatable bonds is 1. The molecular formula is C12H11BrFN. The number of hydrogen-bond donors (Lipinski definition) is 0. The Morgan fingerprint density at radius 1 is 1.33 bits per heavy atom. The van der Waals surface area contributed by atoms with Crippen LogP contribution in [0, 0.1) is 5.82 Å². The molecule has 0 saturated carbocycles. The van der Waals surface area contributed by atoms with Crippen LogP contribution in [0.2, 0.25) is 0 Å². The van der Waals surface area contributed by atoms with Crippen LogP contribution < -0.4 is 0 Å². The first-order chi connectivity index (χ1) is 7.09. The van der Waals surface area contributed by atoms with Crippen molar-refractivity contribution in [2.45, 2.75) is 19.8 Å². The molecule has 3 heteroatoms. The zero-order chi connectivity index (χ0) is 11.0. The number of halogens is 2. The van der Waals surface area contributed by atoms with Crippen molar-refractivity contribution in [1.29, 1.82) is 0 Å². The molecule has 1 heterocycles. The van der Waals surface area contributed by atoms with E-state index in [4.69, 9.17) is 0 Å². The number of hydrogen-bond acceptors (Lipinski definition) is 1. The Bertz CT molecular complexity index is 508. The van der Waals surface area contributed by atoms with Crippen LogP contribution in [0.5, 0.6) is 0 Å². The molecule has 0 N–H and O–H groups in total. The maximum Gasteiger partial charge on any atom is 0.145 e. The Morgan fingerprint density at radius 2 is 2.07 bits per heavy atom. The SMILES string of the molecule is CC(C)c1c(F)cnc2cc(Br)ccc12. The summed E-state index contributed by atoms with van der Waals surface area (Å²) >= 11 is 3.38. The van der Waals surface area contributed by atoms with Crippen molar-refractivity contribution >= 4 is 26.8 Å². The van der Waals surface area contributed by atoms with Crippen molar-refractivity contribution in [2.75, 3.05) is 0 Å². The Labute approximate surface area is 96.5 Å². The van der Waals surface area contributed by atoms with E-state index < -0.39 is 0 Å². The Kier molecular flexibility index (Phi) is 2.74. The highest BCUT2D eigenvalue weighted by Crippen LogP contribution is 2.28. The average Bonchev–Trinajstić information content (AvgIpc) is 2.17. The van der Waals surface area contributed by atoms with E-state index in [0.717, 1.165) is 20.9 Å². The van der Waals surface area contributed by atoms with Gasteiger partial charge in [0.25, 0.3) is 0 Å². The minimum atomic E-state index is -0.222. The van der Waals surface area contributed by atoms with Gasteiger partial charge in [0.1, 0.15) is 5.82 Å². The molecule has 0 radical (unpaired) electrons. The normalized spacial score (nSPS) is 11.3. The van der Waals surface area contributed by atoms with E-state index in [1.807, 2.05) is 32.0 Å². The fourth-order valence-corrected chi connectivity index (χ4v) is 2.10. The molecule has 0 unspecified atom stereocenters. The van der Waals surface area contributed by atoms with E-state index >= 15 is 0 Å². The van der Waals surface area contributed by atoms with Gasteiger partial charge in [-0.25, -0.2) is 4.39 Å². The highest BCUT2D eigenvalue weighted by Gasteiger charge is 2.11. The summed E-state index contributed by atoms with van der Waals surface area (Å²) in [5.74, 6) is -0.0588. The number of fused-ring (bicyclic) bond motifs is 1. The van der Waals surface area contributed by atoms with Crippen LogP contribution in [-0.4, -0.2) is 4.98 Å². The average molecular weight is 268 g/mol. The molecule has 78 valence electrons. The zero-order valence-electron chi connectivity index (χ0n) is 8.59. The molecule has 0 amide bonds. The van der Waals surface area contributed by atoms with Crippen LogP contribution in [0.15, 0.2) is 28.9 Å². The van der Waals surface area contributed by atoms with Crippen LogP contribution in [0.4, 0.5) is 4.39 Å². The molecule has 1 nitrogen and oxygen atoms in total. The predicted octanol–water partition coefficient (Wildman–Crippen LogP) is 4.26. The molecule has 2 aromatic rings. The topological polar surface area (TPSA) is 12.9 Å². The lowest BCUT2D eigenvalue weighted by Gasteiger charge is -2.10. The van der Waals surface area contributed by atoms with Crippen molar-refractivity contribution in [1.82, 2.24) is 4.98 Å². The minimum Gasteiger partial charge on any atom is -0.253 e. The first-order valence-electron chi connectivity index (χ1n) is 4.83. The van der Waals surface area contributed by atoms with Crippen LogP contribution in [-0.2, 0) is 0 Å². The lowest BCUT2D eigenvalue weighted by molar-refractivity contribution is 0.597. The summed E-state index contributed by atoms with van der Waals surface area (Å²) in [6.45, 7) is 3.97. The first kappa shape index (κ1) is 10.6. The second kappa shape index (κ2) is 3.89. The number of pyridine rings is 1. The number of benzene rings is 1. The van der Waals surface area contributed by atoms with Crippen molar-refractivity contribution in [2.24, 2.45) is 0 Å². The van der Waals surface area contributed by atoms with Gasteiger partial charge >= 0.3 is 0 Å². The summed E-state index contributed by atoms with van der Waals surface area (Å²) in [5, 5.41) is 0.896. The van der Waals surface area contributed by atoms with Gasteiger partial charge < -0.3 is 0 Å². The van der Waals surface area contributed by atoms with Gasteiger partial charge in [-0.15, -0.1) is 0 Å². The van der Waals surface area contributed by atoms with E-state index in [2.05, 4.69) is 20.9 Å². The molecule has 1 aromatic heterocycles. The third-order valence-electron chi connectivity index (χ3n) is 2.40. The van der Waals surface area contributed by atoms with Crippen LogP contribution in [0.1, 0.15) is 25.3 Å². The van der Waals surface area contributed by atoms with E-state index in [1.54, 1.807) is 0 Å². The minimum absolute atomic E-state index is 0.164. The summed E-state index contributed by atoms with van der Waals surface area (Å²) in [6.07, 6.45) is 1.30. The molecule has 0 fully saturated rings. The van der Waals surface area contributed by atoms with Gasteiger partial charge in [-0.1, -0.05) is 35.8 Å². The fraction of sp³-hybridized carbons (Fsp3) is 0.250. The molecule has 15 heavy (non-hydrogen) atoms. The molecular weight excluding hydrogens is 257 g/mol. The molecule has 0 saturated heterocycles. The zero-order valence-corrected chi connectivity index (χ0v) is 10.2. The second-order valence-electron chi connectivity index (χ2n) is 3.84. The van der Waals surface area contributed by atoms with Crippen molar-refractivity contribution < 1.29 is 4.39 Å². The van der Waals surface area contributed by atoms with Gasteiger partial charge in [-0.2, -0.15) is 0 Å². The summed E-state index contributed by atoms with van der Waals surface area (Å²) in [6, 6.07) is 5.72. The molecule has 0 bridgehead atoms. The van der Waals surface area contributed by atoms with Crippen LogP contribution in [0.3, 0.4) is 0 Å². The van der Waals surface area contributed by atoms with Gasteiger partial charge in [-0.05, 0) is 18.1 Å². The molecule has 1 aromatic carbocycles. The lowest BCUT2D eigenvalue weighted by Crippen LogP contribution is -1.96. The first-order valence-corrected chi connectivity index (χ1v) is 5.62. The Morgan fingerprint density at radius 3 is 2.73 bits per heavy atom. The number of aromatic nitrogens is 1. The predicted molar refractivity (Wildman–Crippen MR) is 63.5 cm³/mol. The molecule has 0 spiro atoms. The summed E-state index contributed by atoms with van der Waals surface area (Å²) in [4.78, 5) is 4.08. The van der Waals surface area contributed by atoms with Gasteiger partial charge in [0.15, 0.2) is 0 Å². The maximum absolute atomic E-state index is 13.6. The second-order valence-corrected chi connectivity index (χ2v) is 4.75. The maximum atomic E-state index is 13.6. The summed E-state index contributed by atoms with van der Waals surface area (Å²) in [5.41, 5.74) is 1.57. The molecule has 2 rings (SSSR count). The Hall–Kier alpha value is -0.960. The Balaban J connectivity index is 2.82. The van der Waals surface area contributed by atoms with Crippen LogP contribution >= 0.6 is 15.9 Å². The van der Waals surface area contributed by atoms with Crippen molar-refractivity contribution in [3.05, 3.63) is 40.2 Å². The summed E-state index contributed by atoms with van der Waals surface area (Å²) < 4.78 is 14.6. The van der Waals surface area contributed by atoms with E-state index in [9.17, 15) is 4.39 Å². The lowest BCUT2D eigenvalue weighted by atomic mass is 9.98. The van der Waals surface area contributed by atoms with Crippen molar-refractivity contribution in [3.63, 3.8) is 0 Å². The van der Waals surface area contributed by atoms with Gasteiger partial charge in [0.05, 0.1) is 11.7 Å². The molecule has 0 aliphatic carbocycles. The van der Waals surface area contributed by atoms with E-state index in [-0.39, 0.29) is 11.7 Å². The third-order valence-corrected chi connectivity index (χ3v) is 2.89. The van der Waals surface area contributed by atoms with Gasteiger partial charge in [0.2, 0.25) is 0 Å².